The molecule has 0 aliphatic carbocycles. The number of hydrogen-bond acceptors (Lipinski definition) is 6. The molecular weight excluding hydrogens is 384 g/mol. The van der Waals surface area contributed by atoms with E-state index in [9.17, 15) is 9.59 Å². The van der Waals surface area contributed by atoms with E-state index in [0.29, 0.717) is 17.1 Å². The molecule has 3 aromatic carbocycles. The van der Waals surface area contributed by atoms with Crippen LogP contribution < -0.4 is 14.2 Å². The molecule has 0 amide bonds. The van der Waals surface area contributed by atoms with Crippen molar-refractivity contribution in [2.45, 2.75) is 6.42 Å². The zero-order valence-electron chi connectivity index (χ0n) is 16.6. The maximum atomic E-state index is 12.2. The van der Waals surface area contributed by atoms with Gasteiger partial charge in [0.25, 0.3) is 0 Å². The van der Waals surface area contributed by atoms with Crippen molar-refractivity contribution >= 4 is 11.9 Å². The summed E-state index contributed by atoms with van der Waals surface area (Å²) in [7, 11) is 1.58. The SMILES string of the molecule is COc1ccc(CC(=O)Oc2cccc(C(=O)OCCOc3ccccc3)c2)cc1. The number of carbonyl (C=O) groups excluding carboxylic acids is 2. The third-order valence-electron chi connectivity index (χ3n) is 4.14. The molecule has 0 bridgehead atoms. The molecule has 6 nitrogen and oxygen atoms in total. The molecule has 30 heavy (non-hydrogen) atoms. The van der Waals surface area contributed by atoms with Crippen molar-refractivity contribution < 1.29 is 28.5 Å². The Morgan fingerprint density at radius 2 is 1.50 bits per heavy atom. The van der Waals surface area contributed by atoms with Crippen LogP contribution in [0.2, 0.25) is 0 Å². The Morgan fingerprint density at radius 1 is 0.767 bits per heavy atom. The number of carbonyl (C=O) groups is 2. The zero-order valence-corrected chi connectivity index (χ0v) is 16.6. The van der Waals surface area contributed by atoms with Crippen LogP contribution in [-0.4, -0.2) is 32.3 Å². The Bertz CT molecular complexity index is 967. The van der Waals surface area contributed by atoms with Crippen molar-refractivity contribution in [3.63, 3.8) is 0 Å². The summed E-state index contributed by atoms with van der Waals surface area (Å²) in [6.45, 7) is 0.349. The number of esters is 2. The highest BCUT2D eigenvalue weighted by molar-refractivity contribution is 5.90. The van der Waals surface area contributed by atoms with Crippen LogP contribution in [0.3, 0.4) is 0 Å². The van der Waals surface area contributed by atoms with Gasteiger partial charge >= 0.3 is 11.9 Å². The Balaban J connectivity index is 1.48. The van der Waals surface area contributed by atoms with Gasteiger partial charge in [-0.1, -0.05) is 36.4 Å². The molecule has 0 atom stereocenters. The lowest BCUT2D eigenvalue weighted by Crippen LogP contribution is -2.14. The fourth-order valence-corrected chi connectivity index (χ4v) is 2.66. The van der Waals surface area contributed by atoms with E-state index < -0.39 is 11.9 Å². The van der Waals surface area contributed by atoms with E-state index in [2.05, 4.69) is 0 Å². The zero-order chi connectivity index (χ0) is 21.2. The van der Waals surface area contributed by atoms with Crippen LogP contribution in [0.4, 0.5) is 0 Å². The van der Waals surface area contributed by atoms with Crippen LogP contribution in [0.15, 0.2) is 78.9 Å². The summed E-state index contributed by atoms with van der Waals surface area (Å²) in [5.74, 6) is 0.761. The average Bonchev–Trinajstić information content (AvgIpc) is 2.78. The standard InChI is InChI=1S/C24H22O6/c1-27-20-12-10-18(11-13-20)16-23(25)30-22-9-5-6-19(17-22)24(26)29-15-14-28-21-7-3-2-4-8-21/h2-13,17H,14-16H2,1H3. The largest absolute Gasteiger partial charge is 0.497 e. The van der Waals surface area contributed by atoms with Crippen molar-refractivity contribution in [2.75, 3.05) is 20.3 Å². The summed E-state index contributed by atoms with van der Waals surface area (Å²) in [5, 5.41) is 0. The Kier molecular flexibility index (Phi) is 7.44. The predicted molar refractivity (Wildman–Crippen MR) is 111 cm³/mol. The van der Waals surface area contributed by atoms with Crippen molar-refractivity contribution in [3.05, 3.63) is 90.0 Å². The second-order valence-electron chi connectivity index (χ2n) is 6.32. The molecule has 0 fully saturated rings. The fraction of sp³-hybridized carbons (Fsp3) is 0.167. The molecule has 3 aromatic rings. The molecule has 6 heteroatoms. The van der Waals surface area contributed by atoms with E-state index in [1.807, 2.05) is 30.3 Å². The first-order valence-corrected chi connectivity index (χ1v) is 9.42. The minimum Gasteiger partial charge on any atom is -0.497 e. The highest BCUT2D eigenvalue weighted by Gasteiger charge is 2.11. The van der Waals surface area contributed by atoms with Crippen molar-refractivity contribution in [1.29, 1.82) is 0 Å². The number of ether oxygens (including phenoxy) is 4. The van der Waals surface area contributed by atoms with Gasteiger partial charge in [-0.3, -0.25) is 4.79 Å². The minimum absolute atomic E-state index is 0.106. The summed E-state index contributed by atoms with van der Waals surface area (Å²) in [6, 6.07) is 22.7. The number of methoxy groups -OCH3 is 1. The van der Waals surface area contributed by atoms with E-state index in [0.717, 1.165) is 5.56 Å². The van der Waals surface area contributed by atoms with Crippen LogP contribution in [0.25, 0.3) is 0 Å². The summed E-state index contributed by atoms with van der Waals surface area (Å²) in [4.78, 5) is 24.4. The molecule has 0 radical (unpaired) electrons. The summed E-state index contributed by atoms with van der Waals surface area (Å²) in [5.41, 5.74) is 1.10. The number of hydrogen-bond donors (Lipinski definition) is 0. The van der Waals surface area contributed by atoms with Gasteiger partial charge in [0.2, 0.25) is 0 Å². The molecule has 154 valence electrons. The molecule has 0 saturated heterocycles. The average molecular weight is 406 g/mol. The number of para-hydroxylation sites is 1. The van der Waals surface area contributed by atoms with Crippen LogP contribution in [-0.2, 0) is 16.0 Å². The lowest BCUT2D eigenvalue weighted by atomic mass is 10.1. The first-order chi connectivity index (χ1) is 14.6. The Hall–Kier alpha value is -3.80. The van der Waals surface area contributed by atoms with Crippen molar-refractivity contribution in [2.24, 2.45) is 0 Å². The quantitative estimate of drug-likeness (QED) is 0.303. The topological polar surface area (TPSA) is 71.1 Å². The smallest absolute Gasteiger partial charge is 0.338 e. The van der Waals surface area contributed by atoms with Crippen molar-refractivity contribution in [1.82, 2.24) is 0 Å². The van der Waals surface area contributed by atoms with Crippen LogP contribution in [0.5, 0.6) is 17.2 Å². The molecule has 3 rings (SSSR count). The van der Waals surface area contributed by atoms with Crippen LogP contribution in [0, 0.1) is 0 Å². The van der Waals surface area contributed by atoms with Gasteiger partial charge in [0.05, 0.1) is 19.1 Å². The van der Waals surface area contributed by atoms with Gasteiger partial charge in [0, 0.05) is 0 Å². The second-order valence-corrected chi connectivity index (χ2v) is 6.32. The highest BCUT2D eigenvalue weighted by Crippen LogP contribution is 2.17. The summed E-state index contributed by atoms with van der Waals surface area (Å²) in [6.07, 6.45) is 0.107. The second kappa shape index (κ2) is 10.7. The molecule has 0 spiro atoms. The van der Waals surface area contributed by atoms with E-state index >= 15 is 0 Å². The molecule has 0 aliphatic rings. The number of benzene rings is 3. The predicted octanol–water partition coefficient (Wildman–Crippen LogP) is 4.08. The third kappa shape index (κ3) is 6.38. The maximum absolute atomic E-state index is 12.2. The normalized spacial score (nSPS) is 10.2. The molecule has 0 saturated carbocycles. The summed E-state index contributed by atoms with van der Waals surface area (Å²) < 4.78 is 21.1. The fourth-order valence-electron chi connectivity index (χ4n) is 2.66. The molecular formula is C24H22O6. The molecule has 0 unspecified atom stereocenters. The molecule has 0 heterocycles. The third-order valence-corrected chi connectivity index (χ3v) is 4.14. The Labute approximate surface area is 175 Å². The first-order valence-electron chi connectivity index (χ1n) is 9.42. The monoisotopic (exact) mass is 406 g/mol. The molecule has 0 aliphatic heterocycles. The van der Waals surface area contributed by atoms with E-state index in [1.54, 1.807) is 49.6 Å². The van der Waals surface area contributed by atoms with Gasteiger partial charge in [-0.15, -0.1) is 0 Å². The van der Waals surface area contributed by atoms with Gasteiger partial charge in [0.15, 0.2) is 0 Å². The summed E-state index contributed by atoms with van der Waals surface area (Å²) >= 11 is 0. The van der Waals surface area contributed by atoms with Gasteiger partial charge in [-0.25, -0.2) is 4.79 Å². The minimum atomic E-state index is -0.514. The van der Waals surface area contributed by atoms with Gasteiger partial charge in [0.1, 0.15) is 30.5 Å². The van der Waals surface area contributed by atoms with E-state index in [1.165, 1.54) is 6.07 Å². The number of rotatable bonds is 9. The van der Waals surface area contributed by atoms with Crippen LogP contribution >= 0.6 is 0 Å². The van der Waals surface area contributed by atoms with Crippen LogP contribution in [0.1, 0.15) is 15.9 Å². The maximum Gasteiger partial charge on any atom is 0.338 e. The van der Waals surface area contributed by atoms with Gasteiger partial charge in [-0.2, -0.15) is 0 Å². The lowest BCUT2D eigenvalue weighted by Gasteiger charge is -2.09. The highest BCUT2D eigenvalue weighted by atomic mass is 16.6. The Morgan fingerprint density at radius 3 is 2.23 bits per heavy atom. The van der Waals surface area contributed by atoms with E-state index in [4.69, 9.17) is 18.9 Å². The van der Waals surface area contributed by atoms with Crippen molar-refractivity contribution in [3.8, 4) is 17.2 Å². The first kappa shape index (κ1) is 20.9. The molecule has 0 N–H and O–H groups in total. The lowest BCUT2D eigenvalue weighted by molar-refractivity contribution is -0.133. The van der Waals surface area contributed by atoms with Gasteiger partial charge in [-0.05, 0) is 48.0 Å². The van der Waals surface area contributed by atoms with Gasteiger partial charge < -0.3 is 18.9 Å². The van der Waals surface area contributed by atoms with E-state index in [-0.39, 0.29) is 25.4 Å². The molecule has 0 aromatic heterocycles.